The van der Waals surface area contributed by atoms with Gasteiger partial charge < -0.3 is 10.4 Å². The van der Waals surface area contributed by atoms with Crippen LogP contribution >= 0.6 is 11.3 Å². The molecule has 0 aliphatic heterocycles. The van der Waals surface area contributed by atoms with Gasteiger partial charge in [0.25, 0.3) is 5.91 Å². The van der Waals surface area contributed by atoms with Gasteiger partial charge in [-0.1, -0.05) is 26.7 Å². The van der Waals surface area contributed by atoms with E-state index in [0.29, 0.717) is 12.3 Å². The summed E-state index contributed by atoms with van der Waals surface area (Å²) < 4.78 is 0. The topological polar surface area (TPSA) is 49.3 Å². The molecule has 2 rings (SSSR count). The molecule has 1 atom stereocenters. The summed E-state index contributed by atoms with van der Waals surface area (Å²) in [6.07, 6.45) is 7.96. The second kappa shape index (κ2) is 7.95. The monoisotopic (exact) mass is 309 g/mol. The van der Waals surface area contributed by atoms with E-state index in [2.05, 4.69) is 25.2 Å². The largest absolute Gasteiger partial charge is 0.396 e. The van der Waals surface area contributed by atoms with Gasteiger partial charge in [-0.05, 0) is 49.7 Å². The van der Waals surface area contributed by atoms with Crippen LogP contribution < -0.4 is 5.32 Å². The van der Waals surface area contributed by atoms with Crippen LogP contribution in [0.5, 0.6) is 0 Å². The van der Waals surface area contributed by atoms with Crippen molar-refractivity contribution >= 4 is 17.2 Å². The Morgan fingerprint density at radius 1 is 1.29 bits per heavy atom. The fourth-order valence-corrected chi connectivity index (χ4v) is 4.06. The van der Waals surface area contributed by atoms with Crippen LogP contribution in [0.2, 0.25) is 0 Å². The molecule has 1 unspecified atom stereocenters. The van der Waals surface area contributed by atoms with Crippen LogP contribution in [0.25, 0.3) is 0 Å². The molecule has 1 amide bonds. The lowest BCUT2D eigenvalue weighted by atomic mass is 9.99. The minimum absolute atomic E-state index is 0.0268. The Hall–Kier alpha value is -0.870. The third-order valence-electron chi connectivity index (χ3n) is 4.28. The summed E-state index contributed by atoms with van der Waals surface area (Å²) in [5.74, 6) is 0.362. The lowest BCUT2D eigenvalue weighted by molar-refractivity contribution is 0.0920. The van der Waals surface area contributed by atoms with Gasteiger partial charge in [-0.15, -0.1) is 11.3 Å². The molecule has 21 heavy (non-hydrogen) atoms. The van der Waals surface area contributed by atoms with Gasteiger partial charge in [-0.25, -0.2) is 0 Å². The number of rotatable bonds is 5. The number of aliphatic hydroxyl groups excluding tert-OH is 1. The summed E-state index contributed by atoms with van der Waals surface area (Å²) >= 11 is 1.66. The van der Waals surface area contributed by atoms with Crippen molar-refractivity contribution in [3.05, 3.63) is 21.4 Å². The first-order valence-corrected chi connectivity index (χ1v) is 8.96. The van der Waals surface area contributed by atoms with E-state index in [4.69, 9.17) is 5.11 Å². The van der Waals surface area contributed by atoms with E-state index in [0.717, 1.165) is 17.7 Å². The number of carbonyl (C=O) groups is 1. The molecule has 1 aromatic heterocycles. The highest BCUT2D eigenvalue weighted by Crippen LogP contribution is 2.28. The standard InChI is InChI=1S/C17H27NO2S/c1-12(2)14(9-10-19)18-17(20)16-11-13-7-5-3-4-6-8-15(13)21-16/h11-12,14,19H,3-10H2,1-2H3,(H,18,20). The first-order chi connectivity index (χ1) is 10.1. The highest BCUT2D eigenvalue weighted by molar-refractivity contribution is 7.14. The summed E-state index contributed by atoms with van der Waals surface area (Å²) in [4.78, 5) is 14.7. The molecular weight excluding hydrogens is 282 g/mol. The maximum Gasteiger partial charge on any atom is 0.261 e. The molecule has 0 saturated carbocycles. The van der Waals surface area contributed by atoms with Crippen molar-refractivity contribution in [2.75, 3.05) is 6.61 Å². The molecule has 118 valence electrons. The molecule has 1 aliphatic carbocycles. The average Bonchev–Trinajstić information content (AvgIpc) is 2.80. The molecule has 0 aromatic carbocycles. The maximum absolute atomic E-state index is 12.4. The van der Waals surface area contributed by atoms with Gasteiger partial charge in [-0.2, -0.15) is 0 Å². The lowest BCUT2D eigenvalue weighted by Crippen LogP contribution is -2.38. The van der Waals surface area contributed by atoms with Gasteiger partial charge >= 0.3 is 0 Å². The number of hydrogen-bond donors (Lipinski definition) is 2. The highest BCUT2D eigenvalue weighted by atomic mass is 32.1. The highest BCUT2D eigenvalue weighted by Gasteiger charge is 2.20. The zero-order chi connectivity index (χ0) is 15.2. The molecule has 0 spiro atoms. The van der Waals surface area contributed by atoms with Gasteiger partial charge in [-0.3, -0.25) is 4.79 Å². The van der Waals surface area contributed by atoms with Gasteiger partial charge in [0.15, 0.2) is 0 Å². The number of hydrogen-bond acceptors (Lipinski definition) is 3. The van der Waals surface area contributed by atoms with E-state index in [1.54, 1.807) is 11.3 Å². The lowest BCUT2D eigenvalue weighted by Gasteiger charge is -2.21. The first-order valence-electron chi connectivity index (χ1n) is 8.15. The number of aryl methyl sites for hydroxylation is 2. The molecule has 2 N–H and O–H groups in total. The summed E-state index contributed by atoms with van der Waals surface area (Å²) in [6, 6.07) is 2.14. The predicted molar refractivity (Wildman–Crippen MR) is 88.0 cm³/mol. The number of amides is 1. The summed E-state index contributed by atoms with van der Waals surface area (Å²) in [5.41, 5.74) is 1.38. The molecule has 0 bridgehead atoms. The van der Waals surface area contributed by atoms with E-state index in [9.17, 15) is 4.79 Å². The first kappa shape index (κ1) is 16.5. The third kappa shape index (κ3) is 4.55. The third-order valence-corrected chi connectivity index (χ3v) is 5.52. The minimum atomic E-state index is 0.0268. The Morgan fingerprint density at radius 3 is 2.67 bits per heavy atom. The second-order valence-electron chi connectivity index (χ2n) is 6.31. The molecular formula is C17H27NO2S. The molecule has 0 saturated heterocycles. The Bertz CT molecular complexity index is 442. The van der Waals surface area contributed by atoms with Crippen molar-refractivity contribution in [1.29, 1.82) is 0 Å². The van der Waals surface area contributed by atoms with Crippen molar-refractivity contribution < 1.29 is 9.90 Å². The van der Waals surface area contributed by atoms with E-state index >= 15 is 0 Å². The van der Waals surface area contributed by atoms with Crippen LogP contribution in [0, 0.1) is 5.92 Å². The minimum Gasteiger partial charge on any atom is -0.396 e. The van der Waals surface area contributed by atoms with Crippen LogP contribution in [0.1, 0.15) is 66.1 Å². The fraction of sp³-hybridized carbons (Fsp3) is 0.706. The van der Waals surface area contributed by atoms with E-state index in [1.165, 1.54) is 36.1 Å². The van der Waals surface area contributed by atoms with E-state index < -0.39 is 0 Å². The van der Waals surface area contributed by atoms with Crippen molar-refractivity contribution in [3.8, 4) is 0 Å². The molecule has 1 aromatic rings. The summed E-state index contributed by atoms with van der Waals surface area (Å²) in [7, 11) is 0. The number of aliphatic hydroxyl groups is 1. The predicted octanol–water partition coefficient (Wildman–Crippen LogP) is 3.54. The second-order valence-corrected chi connectivity index (χ2v) is 7.45. The molecule has 0 fully saturated rings. The normalized spacial score (nSPS) is 17.0. The SMILES string of the molecule is CC(C)C(CCO)NC(=O)c1cc2c(s1)CCCCCC2. The Morgan fingerprint density at radius 2 is 2.00 bits per heavy atom. The van der Waals surface area contributed by atoms with Gasteiger partial charge in [0.05, 0.1) is 4.88 Å². The number of nitrogens with one attached hydrogen (secondary N) is 1. The Labute approximate surface area is 131 Å². The molecule has 1 aliphatic rings. The van der Waals surface area contributed by atoms with Gasteiger partial charge in [0.1, 0.15) is 0 Å². The molecule has 3 nitrogen and oxygen atoms in total. The van der Waals surface area contributed by atoms with E-state index in [1.807, 2.05) is 0 Å². The molecule has 1 heterocycles. The number of thiophene rings is 1. The average molecular weight is 309 g/mol. The summed E-state index contributed by atoms with van der Waals surface area (Å²) in [6.45, 7) is 4.27. The maximum atomic E-state index is 12.4. The van der Waals surface area contributed by atoms with Crippen LogP contribution in [-0.4, -0.2) is 23.7 Å². The van der Waals surface area contributed by atoms with Gasteiger partial charge in [0.2, 0.25) is 0 Å². The van der Waals surface area contributed by atoms with Crippen LogP contribution in [0.3, 0.4) is 0 Å². The summed E-state index contributed by atoms with van der Waals surface area (Å²) in [5, 5.41) is 12.2. The quantitative estimate of drug-likeness (QED) is 0.874. The van der Waals surface area contributed by atoms with Crippen molar-refractivity contribution in [2.24, 2.45) is 5.92 Å². The fourth-order valence-electron chi connectivity index (χ4n) is 2.91. The Balaban J connectivity index is 2.06. The zero-order valence-electron chi connectivity index (χ0n) is 13.2. The van der Waals surface area contributed by atoms with E-state index in [-0.39, 0.29) is 18.6 Å². The van der Waals surface area contributed by atoms with Crippen LogP contribution in [-0.2, 0) is 12.8 Å². The van der Waals surface area contributed by atoms with Crippen molar-refractivity contribution in [3.63, 3.8) is 0 Å². The zero-order valence-corrected chi connectivity index (χ0v) is 14.0. The molecule has 4 heteroatoms. The van der Waals surface area contributed by atoms with Crippen LogP contribution in [0.15, 0.2) is 6.07 Å². The van der Waals surface area contributed by atoms with Crippen LogP contribution in [0.4, 0.5) is 0 Å². The number of carbonyl (C=O) groups excluding carboxylic acids is 1. The van der Waals surface area contributed by atoms with Crippen molar-refractivity contribution in [2.45, 2.75) is 64.8 Å². The Kier molecular flexibility index (Phi) is 6.24. The van der Waals surface area contributed by atoms with Crippen molar-refractivity contribution in [1.82, 2.24) is 5.32 Å². The van der Waals surface area contributed by atoms with Gasteiger partial charge in [0, 0.05) is 17.5 Å². The smallest absolute Gasteiger partial charge is 0.261 e. The number of fused-ring (bicyclic) bond motifs is 1. The molecule has 0 radical (unpaired) electrons.